The lowest BCUT2D eigenvalue weighted by Crippen LogP contribution is -2.49. The predicted molar refractivity (Wildman–Crippen MR) is 70.7 cm³/mol. The number of hydrogen-bond acceptors (Lipinski definition) is 5. The van der Waals surface area contributed by atoms with Crippen molar-refractivity contribution >= 4 is 11.8 Å². The second-order valence-corrected chi connectivity index (χ2v) is 5.44. The number of aromatic nitrogens is 2. The van der Waals surface area contributed by atoms with Gasteiger partial charge in [0, 0.05) is 13.1 Å². The summed E-state index contributed by atoms with van der Waals surface area (Å²) in [7, 11) is 0. The van der Waals surface area contributed by atoms with Crippen molar-refractivity contribution in [1.82, 2.24) is 10.2 Å². The van der Waals surface area contributed by atoms with Crippen LogP contribution in [-0.2, 0) is 4.74 Å². The van der Waals surface area contributed by atoms with Crippen molar-refractivity contribution in [2.24, 2.45) is 0 Å². The normalized spacial score (nSPS) is 18.4. The summed E-state index contributed by atoms with van der Waals surface area (Å²) < 4.78 is 5.63. The Morgan fingerprint density at radius 3 is 2.63 bits per heavy atom. The molecule has 2 heterocycles. The maximum Gasteiger partial charge on any atom is 0.339 e. The summed E-state index contributed by atoms with van der Waals surface area (Å²) in [6.07, 6.45) is 0. The van der Waals surface area contributed by atoms with E-state index in [4.69, 9.17) is 4.74 Å². The molecule has 0 bridgehead atoms. The quantitative estimate of drug-likeness (QED) is 0.871. The zero-order valence-electron chi connectivity index (χ0n) is 11.7. The first-order valence-electron chi connectivity index (χ1n) is 6.28. The fourth-order valence-corrected chi connectivity index (χ4v) is 2.27. The summed E-state index contributed by atoms with van der Waals surface area (Å²) in [4.78, 5) is 13.4. The molecule has 6 nitrogen and oxygen atoms in total. The second-order valence-electron chi connectivity index (χ2n) is 5.44. The Hall–Kier alpha value is -1.69. The first-order valence-corrected chi connectivity index (χ1v) is 6.28. The molecule has 0 saturated carbocycles. The minimum atomic E-state index is -0.963. The Kier molecular flexibility index (Phi) is 3.45. The van der Waals surface area contributed by atoms with Crippen molar-refractivity contribution in [1.29, 1.82) is 0 Å². The predicted octanol–water partition coefficient (Wildman–Crippen LogP) is 1.41. The standard InChI is InChI=1S/C13H19N3O3/c1-8-9(2)14-15-11(10(8)12(17)18)16-5-6-19-13(3,4)7-16/h5-7H2,1-4H3,(H,17,18). The molecule has 19 heavy (non-hydrogen) atoms. The molecule has 1 aromatic rings. The summed E-state index contributed by atoms with van der Waals surface area (Å²) >= 11 is 0. The number of ether oxygens (including phenoxy) is 1. The molecular formula is C13H19N3O3. The fourth-order valence-electron chi connectivity index (χ4n) is 2.27. The van der Waals surface area contributed by atoms with E-state index < -0.39 is 5.97 Å². The minimum Gasteiger partial charge on any atom is -0.478 e. The monoisotopic (exact) mass is 265 g/mol. The van der Waals surface area contributed by atoms with Gasteiger partial charge in [-0.3, -0.25) is 0 Å². The lowest BCUT2D eigenvalue weighted by molar-refractivity contribution is -0.0280. The van der Waals surface area contributed by atoms with Gasteiger partial charge in [-0.05, 0) is 33.3 Å². The lowest BCUT2D eigenvalue weighted by atomic mass is 10.0. The SMILES string of the molecule is Cc1nnc(N2CCOC(C)(C)C2)c(C(=O)O)c1C. The highest BCUT2D eigenvalue weighted by Crippen LogP contribution is 2.26. The number of aromatic carboxylic acids is 1. The van der Waals surface area contributed by atoms with Crippen LogP contribution in [0.3, 0.4) is 0 Å². The summed E-state index contributed by atoms with van der Waals surface area (Å²) in [5, 5.41) is 17.5. The topological polar surface area (TPSA) is 75.5 Å². The largest absolute Gasteiger partial charge is 0.478 e. The Labute approximate surface area is 112 Å². The number of carboxylic acid groups (broad SMARTS) is 1. The van der Waals surface area contributed by atoms with Crippen molar-refractivity contribution in [3.8, 4) is 0 Å². The molecule has 0 unspecified atom stereocenters. The molecule has 1 aromatic heterocycles. The number of anilines is 1. The van der Waals surface area contributed by atoms with Crippen LogP contribution in [0.5, 0.6) is 0 Å². The molecule has 0 radical (unpaired) electrons. The zero-order valence-corrected chi connectivity index (χ0v) is 11.7. The maximum atomic E-state index is 11.5. The molecule has 0 aromatic carbocycles. The highest BCUT2D eigenvalue weighted by molar-refractivity contribution is 5.95. The molecule has 1 saturated heterocycles. The van der Waals surface area contributed by atoms with E-state index >= 15 is 0 Å². The van der Waals surface area contributed by atoms with Gasteiger partial charge in [-0.15, -0.1) is 5.10 Å². The van der Waals surface area contributed by atoms with Crippen LogP contribution in [0.15, 0.2) is 0 Å². The average molecular weight is 265 g/mol. The van der Waals surface area contributed by atoms with Crippen LogP contribution in [0.2, 0.25) is 0 Å². The summed E-state index contributed by atoms with van der Waals surface area (Å²) in [5.41, 5.74) is 1.25. The van der Waals surface area contributed by atoms with Crippen molar-refractivity contribution < 1.29 is 14.6 Å². The molecule has 1 N–H and O–H groups in total. The van der Waals surface area contributed by atoms with E-state index in [9.17, 15) is 9.90 Å². The van der Waals surface area contributed by atoms with Crippen LogP contribution in [0.4, 0.5) is 5.82 Å². The minimum absolute atomic E-state index is 0.241. The van der Waals surface area contributed by atoms with Gasteiger partial charge in [0.1, 0.15) is 5.56 Å². The van der Waals surface area contributed by atoms with Gasteiger partial charge < -0.3 is 14.7 Å². The fraction of sp³-hybridized carbons (Fsp3) is 0.615. The van der Waals surface area contributed by atoms with E-state index in [1.807, 2.05) is 18.7 Å². The smallest absolute Gasteiger partial charge is 0.339 e. The molecule has 0 aliphatic carbocycles. The highest BCUT2D eigenvalue weighted by atomic mass is 16.5. The van der Waals surface area contributed by atoms with E-state index in [1.165, 1.54) is 0 Å². The third-order valence-electron chi connectivity index (χ3n) is 3.38. The van der Waals surface area contributed by atoms with Crippen LogP contribution in [-0.4, -0.2) is 46.6 Å². The van der Waals surface area contributed by atoms with Crippen molar-refractivity contribution in [2.45, 2.75) is 33.3 Å². The average Bonchev–Trinajstić information content (AvgIpc) is 2.30. The number of hydrogen-bond donors (Lipinski definition) is 1. The number of nitrogens with zero attached hydrogens (tertiary/aromatic N) is 3. The number of carboxylic acids is 1. The molecule has 1 fully saturated rings. The zero-order chi connectivity index (χ0) is 14.2. The molecule has 2 rings (SSSR count). The van der Waals surface area contributed by atoms with Gasteiger partial charge in [0.15, 0.2) is 5.82 Å². The van der Waals surface area contributed by atoms with E-state index in [1.54, 1.807) is 13.8 Å². The number of aryl methyl sites for hydroxylation is 1. The highest BCUT2D eigenvalue weighted by Gasteiger charge is 2.31. The van der Waals surface area contributed by atoms with E-state index in [0.29, 0.717) is 36.8 Å². The number of carbonyl (C=O) groups is 1. The lowest BCUT2D eigenvalue weighted by Gasteiger charge is -2.39. The van der Waals surface area contributed by atoms with Crippen molar-refractivity contribution in [2.75, 3.05) is 24.6 Å². The molecule has 1 aliphatic heterocycles. The third kappa shape index (κ3) is 2.68. The molecule has 6 heteroatoms. The van der Waals surface area contributed by atoms with E-state index in [-0.39, 0.29) is 11.2 Å². The molecule has 1 aliphatic rings. The summed E-state index contributed by atoms with van der Waals surface area (Å²) in [6.45, 7) is 9.28. The van der Waals surface area contributed by atoms with E-state index in [0.717, 1.165) is 0 Å². The molecular weight excluding hydrogens is 246 g/mol. The molecule has 0 spiro atoms. The molecule has 0 atom stereocenters. The third-order valence-corrected chi connectivity index (χ3v) is 3.38. The van der Waals surface area contributed by atoms with Crippen molar-refractivity contribution in [3.63, 3.8) is 0 Å². The van der Waals surface area contributed by atoms with Crippen LogP contribution in [0, 0.1) is 13.8 Å². The first kappa shape index (κ1) is 13.7. The van der Waals surface area contributed by atoms with Gasteiger partial charge >= 0.3 is 5.97 Å². The van der Waals surface area contributed by atoms with E-state index in [2.05, 4.69) is 10.2 Å². The Morgan fingerprint density at radius 1 is 1.37 bits per heavy atom. The Balaban J connectivity index is 2.45. The van der Waals surface area contributed by atoms with Crippen LogP contribution in [0.25, 0.3) is 0 Å². The Morgan fingerprint density at radius 2 is 2.05 bits per heavy atom. The van der Waals surface area contributed by atoms with Crippen LogP contribution in [0.1, 0.15) is 35.5 Å². The second kappa shape index (κ2) is 4.77. The van der Waals surface area contributed by atoms with Crippen molar-refractivity contribution in [3.05, 3.63) is 16.8 Å². The van der Waals surface area contributed by atoms with Gasteiger partial charge in [0.2, 0.25) is 0 Å². The summed E-state index contributed by atoms with van der Waals surface area (Å²) in [6, 6.07) is 0. The number of rotatable bonds is 2. The summed E-state index contributed by atoms with van der Waals surface area (Å²) in [5.74, 6) is -0.526. The van der Waals surface area contributed by atoms with Gasteiger partial charge in [-0.2, -0.15) is 5.10 Å². The van der Waals surface area contributed by atoms with Gasteiger partial charge in [0.05, 0.1) is 17.9 Å². The van der Waals surface area contributed by atoms with Gasteiger partial charge in [-0.25, -0.2) is 4.79 Å². The Bertz CT molecular complexity index is 514. The van der Waals surface area contributed by atoms with Crippen LogP contribution >= 0.6 is 0 Å². The number of morpholine rings is 1. The molecule has 0 amide bonds. The van der Waals surface area contributed by atoms with Gasteiger partial charge in [0.25, 0.3) is 0 Å². The first-order chi connectivity index (χ1) is 8.82. The van der Waals surface area contributed by atoms with Gasteiger partial charge in [-0.1, -0.05) is 0 Å². The van der Waals surface area contributed by atoms with Crippen LogP contribution < -0.4 is 4.90 Å². The maximum absolute atomic E-state index is 11.5. The molecule has 104 valence electrons.